The predicted molar refractivity (Wildman–Crippen MR) is 58.5 cm³/mol. The standard InChI is InChI=1S/C10H11IO3/c11-4-5-3-8-6-1-2-7(8)10(13-5)14-9(6)12/h1-3,6-10,12H,4H2/t6-,7+,8-,9+,10+/m1/s1. The van der Waals surface area contributed by atoms with Gasteiger partial charge in [-0.05, 0) is 6.08 Å². The smallest absolute Gasteiger partial charge is 0.208 e. The summed E-state index contributed by atoms with van der Waals surface area (Å²) in [6.45, 7) is 0. The molecule has 0 aromatic heterocycles. The van der Waals surface area contributed by atoms with Crippen LogP contribution in [0.1, 0.15) is 0 Å². The van der Waals surface area contributed by atoms with Gasteiger partial charge in [-0.2, -0.15) is 0 Å². The van der Waals surface area contributed by atoms with E-state index in [1.807, 2.05) is 0 Å². The molecule has 2 aliphatic heterocycles. The van der Waals surface area contributed by atoms with Gasteiger partial charge >= 0.3 is 0 Å². The molecule has 5 atom stereocenters. The Morgan fingerprint density at radius 2 is 2.07 bits per heavy atom. The highest BCUT2D eigenvalue weighted by atomic mass is 127. The van der Waals surface area contributed by atoms with E-state index in [1.54, 1.807) is 0 Å². The van der Waals surface area contributed by atoms with E-state index in [9.17, 15) is 5.11 Å². The molecule has 0 aromatic rings. The van der Waals surface area contributed by atoms with Crippen molar-refractivity contribution in [3.8, 4) is 0 Å². The molecule has 0 unspecified atom stereocenters. The molecule has 2 heterocycles. The predicted octanol–water partition coefficient (Wildman–Crippen LogP) is 1.43. The fourth-order valence-corrected chi connectivity index (χ4v) is 2.89. The van der Waals surface area contributed by atoms with Crippen LogP contribution in [0.25, 0.3) is 0 Å². The van der Waals surface area contributed by atoms with Gasteiger partial charge < -0.3 is 14.6 Å². The van der Waals surface area contributed by atoms with Crippen LogP contribution in [-0.4, -0.2) is 22.1 Å². The number of aliphatic hydroxyl groups is 1. The van der Waals surface area contributed by atoms with E-state index in [4.69, 9.17) is 9.47 Å². The lowest BCUT2D eigenvalue weighted by molar-refractivity contribution is -0.279. The monoisotopic (exact) mass is 306 g/mol. The zero-order valence-electron chi connectivity index (χ0n) is 7.47. The maximum Gasteiger partial charge on any atom is 0.208 e. The van der Waals surface area contributed by atoms with Crippen molar-refractivity contribution in [3.05, 3.63) is 24.0 Å². The number of alkyl halides is 1. The third-order valence-electron chi connectivity index (χ3n) is 3.14. The van der Waals surface area contributed by atoms with Gasteiger partial charge in [0, 0.05) is 17.8 Å². The van der Waals surface area contributed by atoms with E-state index in [1.165, 1.54) is 0 Å². The Balaban J connectivity index is 1.98. The molecule has 0 radical (unpaired) electrons. The largest absolute Gasteiger partial charge is 0.468 e. The van der Waals surface area contributed by atoms with Crippen molar-refractivity contribution in [1.29, 1.82) is 0 Å². The normalized spacial score (nSPS) is 48.7. The highest BCUT2D eigenvalue weighted by molar-refractivity contribution is 14.1. The number of rotatable bonds is 1. The van der Waals surface area contributed by atoms with Crippen molar-refractivity contribution < 1.29 is 14.6 Å². The summed E-state index contributed by atoms with van der Waals surface area (Å²) >= 11 is 2.28. The van der Waals surface area contributed by atoms with Crippen molar-refractivity contribution in [3.63, 3.8) is 0 Å². The molecule has 0 saturated carbocycles. The minimum atomic E-state index is -0.702. The highest BCUT2D eigenvalue weighted by Crippen LogP contribution is 2.46. The molecule has 0 amide bonds. The maximum atomic E-state index is 9.68. The third-order valence-corrected chi connectivity index (χ3v) is 3.89. The van der Waals surface area contributed by atoms with Crippen LogP contribution < -0.4 is 0 Å². The molecule has 0 aromatic carbocycles. The average Bonchev–Trinajstić information content (AvgIpc) is 2.52. The zero-order valence-corrected chi connectivity index (χ0v) is 9.63. The van der Waals surface area contributed by atoms with Gasteiger partial charge in [-0.3, -0.25) is 0 Å². The second kappa shape index (κ2) is 3.21. The summed E-state index contributed by atoms with van der Waals surface area (Å²) in [6.07, 6.45) is 5.32. The summed E-state index contributed by atoms with van der Waals surface area (Å²) in [5.74, 6) is 1.79. The molecule has 1 N–H and O–H groups in total. The number of aliphatic hydroxyl groups excluding tert-OH is 1. The third kappa shape index (κ3) is 1.17. The first-order valence-corrected chi connectivity index (χ1v) is 6.27. The fraction of sp³-hybridized carbons (Fsp3) is 0.600. The van der Waals surface area contributed by atoms with Gasteiger partial charge in [0.25, 0.3) is 0 Å². The summed E-state index contributed by atoms with van der Waals surface area (Å²) in [4.78, 5) is 0. The minimum absolute atomic E-state index is 0.123. The van der Waals surface area contributed by atoms with Gasteiger partial charge in [0.15, 0.2) is 6.29 Å². The van der Waals surface area contributed by atoms with Gasteiger partial charge in [0.05, 0.1) is 4.43 Å². The van der Waals surface area contributed by atoms with E-state index < -0.39 is 6.29 Å². The van der Waals surface area contributed by atoms with E-state index >= 15 is 0 Å². The van der Waals surface area contributed by atoms with Crippen molar-refractivity contribution in [1.82, 2.24) is 0 Å². The fourth-order valence-electron chi connectivity index (χ4n) is 2.45. The summed E-state index contributed by atoms with van der Waals surface area (Å²) < 4.78 is 11.9. The Bertz CT molecular complexity index is 312. The molecule has 4 bridgehead atoms. The molecule has 3 aliphatic rings. The van der Waals surface area contributed by atoms with Crippen LogP contribution in [0.2, 0.25) is 0 Å². The number of ether oxygens (including phenoxy) is 2. The lowest BCUT2D eigenvalue weighted by atomic mass is 9.83. The van der Waals surface area contributed by atoms with Gasteiger partial charge in [0.2, 0.25) is 6.29 Å². The van der Waals surface area contributed by atoms with Gasteiger partial charge in [-0.25, -0.2) is 0 Å². The Hall–Kier alpha value is -0.0700. The molecule has 1 saturated heterocycles. The first kappa shape index (κ1) is 9.18. The highest BCUT2D eigenvalue weighted by Gasteiger charge is 2.49. The molecule has 0 spiro atoms. The van der Waals surface area contributed by atoms with Crippen molar-refractivity contribution in [2.45, 2.75) is 12.6 Å². The topological polar surface area (TPSA) is 38.7 Å². The van der Waals surface area contributed by atoms with Crippen molar-refractivity contribution in [2.75, 3.05) is 4.43 Å². The van der Waals surface area contributed by atoms with Crippen LogP contribution in [0.15, 0.2) is 24.0 Å². The number of hydrogen-bond donors (Lipinski definition) is 1. The SMILES string of the molecule is O[C@H]1O[C@@H]2OC(CI)=C[C@H]3[C@@H]2C=C[C@H]31. The van der Waals surface area contributed by atoms with E-state index in [0.29, 0.717) is 11.8 Å². The van der Waals surface area contributed by atoms with Crippen LogP contribution in [0.5, 0.6) is 0 Å². The van der Waals surface area contributed by atoms with Crippen LogP contribution in [-0.2, 0) is 9.47 Å². The van der Waals surface area contributed by atoms with E-state index in [2.05, 4.69) is 40.8 Å². The van der Waals surface area contributed by atoms with Crippen LogP contribution in [0.3, 0.4) is 0 Å². The van der Waals surface area contributed by atoms with Crippen LogP contribution in [0, 0.1) is 17.8 Å². The minimum Gasteiger partial charge on any atom is -0.468 e. The average molecular weight is 306 g/mol. The van der Waals surface area contributed by atoms with Gasteiger partial charge in [-0.15, -0.1) is 0 Å². The summed E-state index contributed by atoms with van der Waals surface area (Å²) in [5.41, 5.74) is 0. The van der Waals surface area contributed by atoms with Crippen LogP contribution in [0.4, 0.5) is 0 Å². The quantitative estimate of drug-likeness (QED) is 0.452. The molecule has 1 fully saturated rings. The second-order valence-electron chi connectivity index (χ2n) is 3.90. The molecule has 3 nitrogen and oxygen atoms in total. The Kier molecular flexibility index (Phi) is 2.11. The molecule has 14 heavy (non-hydrogen) atoms. The number of halogens is 1. The molecule has 76 valence electrons. The van der Waals surface area contributed by atoms with Gasteiger partial charge in [-0.1, -0.05) is 34.7 Å². The second-order valence-corrected chi connectivity index (χ2v) is 4.66. The lowest BCUT2D eigenvalue weighted by Crippen LogP contribution is -2.46. The van der Waals surface area contributed by atoms with E-state index in [-0.39, 0.29) is 12.2 Å². The van der Waals surface area contributed by atoms with E-state index in [0.717, 1.165) is 10.2 Å². The summed E-state index contributed by atoms with van der Waals surface area (Å²) in [6, 6.07) is 0. The van der Waals surface area contributed by atoms with Crippen molar-refractivity contribution in [2.24, 2.45) is 17.8 Å². The summed E-state index contributed by atoms with van der Waals surface area (Å²) in [5, 5.41) is 9.68. The molecule has 4 heteroatoms. The molecular weight excluding hydrogens is 295 g/mol. The zero-order chi connectivity index (χ0) is 9.71. The first-order valence-electron chi connectivity index (χ1n) is 4.75. The molecule has 1 aliphatic carbocycles. The molecular formula is C10H11IO3. The van der Waals surface area contributed by atoms with Gasteiger partial charge in [0.1, 0.15) is 5.76 Å². The first-order chi connectivity index (χ1) is 6.79. The van der Waals surface area contributed by atoms with Crippen LogP contribution >= 0.6 is 22.6 Å². The maximum absolute atomic E-state index is 9.68. The van der Waals surface area contributed by atoms with Crippen molar-refractivity contribution >= 4 is 22.6 Å². The Morgan fingerprint density at radius 3 is 2.86 bits per heavy atom. The Morgan fingerprint density at radius 1 is 1.29 bits per heavy atom. The molecule has 3 rings (SSSR count). The number of hydrogen-bond acceptors (Lipinski definition) is 3. The summed E-state index contributed by atoms with van der Waals surface area (Å²) in [7, 11) is 0. The Labute approximate surface area is 95.9 Å². The number of allylic oxidation sites excluding steroid dienone is 2. The lowest BCUT2D eigenvalue weighted by Gasteiger charge is -2.41.